The molecule has 4 heteroatoms. The molecule has 0 fully saturated rings. The van der Waals surface area contributed by atoms with Gasteiger partial charge >= 0.3 is 0 Å². The summed E-state index contributed by atoms with van der Waals surface area (Å²) in [7, 11) is 3.64. The van der Waals surface area contributed by atoms with Crippen LogP contribution in [0.4, 0.5) is 0 Å². The highest BCUT2D eigenvalue weighted by atomic mass is 16.5. The Morgan fingerprint density at radius 3 is 2.63 bits per heavy atom. The number of aromatic nitrogens is 1. The molecular formula is C23H25NO3. The maximum Gasteiger partial charge on any atom is 0.197 e. The van der Waals surface area contributed by atoms with Crippen LogP contribution in [0, 0.1) is 0 Å². The van der Waals surface area contributed by atoms with Crippen LogP contribution < -0.4 is 14.9 Å². The Morgan fingerprint density at radius 2 is 1.93 bits per heavy atom. The first-order valence-corrected chi connectivity index (χ1v) is 9.59. The monoisotopic (exact) mass is 363 g/mol. The fourth-order valence-corrected chi connectivity index (χ4v) is 4.05. The molecule has 140 valence electrons. The summed E-state index contributed by atoms with van der Waals surface area (Å²) < 4.78 is 13.3. The summed E-state index contributed by atoms with van der Waals surface area (Å²) in [5.74, 6) is 1.61. The van der Waals surface area contributed by atoms with Crippen LogP contribution in [0.25, 0.3) is 22.0 Å². The summed E-state index contributed by atoms with van der Waals surface area (Å²) in [6, 6.07) is 9.82. The summed E-state index contributed by atoms with van der Waals surface area (Å²) in [6.45, 7) is 2.75. The van der Waals surface area contributed by atoms with Crippen LogP contribution in [0.1, 0.15) is 30.9 Å². The molecule has 0 saturated heterocycles. The molecule has 1 aromatic heterocycles. The molecule has 0 N–H and O–H groups in total. The second-order valence-electron chi connectivity index (χ2n) is 7.15. The highest BCUT2D eigenvalue weighted by Gasteiger charge is 2.22. The van der Waals surface area contributed by atoms with Gasteiger partial charge in [-0.1, -0.05) is 19.1 Å². The number of hydrogen-bond donors (Lipinski definition) is 0. The van der Waals surface area contributed by atoms with E-state index in [-0.39, 0.29) is 5.43 Å². The average molecular weight is 363 g/mol. The van der Waals surface area contributed by atoms with Crippen molar-refractivity contribution in [1.29, 1.82) is 0 Å². The summed E-state index contributed by atoms with van der Waals surface area (Å²) >= 11 is 0. The molecule has 0 aliphatic heterocycles. The molecule has 1 aliphatic carbocycles. The van der Waals surface area contributed by atoms with Gasteiger partial charge in [0.1, 0.15) is 11.5 Å². The zero-order valence-electron chi connectivity index (χ0n) is 16.2. The van der Waals surface area contributed by atoms with E-state index in [1.54, 1.807) is 7.11 Å². The predicted molar refractivity (Wildman–Crippen MR) is 109 cm³/mol. The topological polar surface area (TPSA) is 40.5 Å². The van der Waals surface area contributed by atoms with E-state index >= 15 is 0 Å². The lowest BCUT2D eigenvalue weighted by Gasteiger charge is -2.17. The quantitative estimate of drug-likeness (QED) is 0.670. The van der Waals surface area contributed by atoms with Crippen molar-refractivity contribution in [2.75, 3.05) is 13.7 Å². The zero-order valence-corrected chi connectivity index (χ0v) is 16.2. The van der Waals surface area contributed by atoms with Crippen LogP contribution in [0.15, 0.2) is 41.3 Å². The standard InChI is InChI=1S/C23H25NO3/c1-4-12-27-20-13-16-6-5-7-18(16)21-22(20)24(2)14-19(23(21)25)15-8-10-17(26-3)11-9-15/h8-11,13-14H,4-7,12H2,1-3H3. The molecule has 4 rings (SSSR count). The van der Waals surface area contributed by atoms with Gasteiger partial charge in [0.15, 0.2) is 5.43 Å². The Kier molecular flexibility index (Phi) is 4.65. The first-order chi connectivity index (χ1) is 13.1. The fraction of sp³-hybridized carbons (Fsp3) is 0.348. The van der Waals surface area contributed by atoms with Gasteiger partial charge in [0.25, 0.3) is 0 Å². The van der Waals surface area contributed by atoms with Gasteiger partial charge in [-0.2, -0.15) is 0 Å². The Balaban J connectivity index is 1.99. The molecular weight excluding hydrogens is 338 g/mol. The van der Waals surface area contributed by atoms with E-state index in [0.29, 0.717) is 6.61 Å². The number of benzene rings is 2. The van der Waals surface area contributed by atoms with Crippen LogP contribution in [0.2, 0.25) is 0 Å². The molecule has 1 aliphatic rings. The van der Waals surface area contributed by atoms with Crippen LogP contribution in [0.3, 0.4) is 0 Å². The Hall–Kier alpha value is -2.75. The summed E-state index contributed by atoms with van der Waals surface area (Å²) in [6.07, 6.45) is 5.94. The molecule has 0 atom stereocenters. The van der Waals surface area contributed by atoms with Crippen molar-refractivity contribution in [2.24, 2.45) is 7.05 Å². The fourth-order valence-electron chi connectivity index (χ4n) is 4.05. The lowest BCUT2D eigenvalue weighted by atomic mass is 9.98. The zero-order chi connectivity index (χ0) is 19.0. The molecule has 0 unspecified atom stereocenters. The molecule has 0 amide bonds. The number of nitrogens with zero attached hydrogens (tertiary/aromatic N) is 1. The maximum absolute atomic E-state index is 13.5. The Morgan fingerprint density at radius 1 is 1.15 bits per heavy atom. The van der Waals surface area contributed by atoms with Crippen LogP contribution in [-0.4, -0.2) is 18.3 Å². The maximum atomic E-state index is 13.5. The van der Waals surface area contributed by atoms with Gasteiger partial charge in [0.05, 0.1) is 24.6 Å². The number of methoxy groups -OCH3 is 1. The smallest absolute Gasteiger partial charge is 0.197 e. The molecule has 27 heavy (non-hydrogen) atoms. The van der Waals surface area contributed by atoms with Gasteiger partial charge in [-0.3, -0.25) is 4.79 Å². The molecule has 0 radical (unpaired) electrons. The molecule has 0 saturated carbocycles. The highest BCUT2D eigenvalue weighted by Crippen LogP contribution is 2.36. The van der Waals surface area contributed by atoms with Crippen molar-refractivity contribution in [3.05, 3.63) is 57.9 Å². The molecule has 4 nitrogen and oxygen atoms in total. The lowest BCUT2D eigenvalue weighted by Crippen LogP contribution is -2.14. The summed E-state index contributed by atoms with van der Waals surface area (Å²) in [5, 5.41) is 0.826. The average Bonchev–Trinajstić information content (AvgIpc) is 3.16. The van der Waals surface area contributed by atoms with Gasteiger partial charge in [-0.05, 0) is 60.6 Å². The van der Waals surface area contributed by atoms with E-state index in [2.05, 4.69) is 13.0 Å². The van der Waals surface area contributed by atoms with E-state index in [0.717, 1.165) is 59.2 Å². The van der Waals surface area contributed by atoms with E-state index in [9.17, 15) is 4.79 Å². The minimum atomic E-state index is 0.0911. The Bertz CT molecular complexity index is 1050. The second kappa shape index (κ2) is 7.10. The van der Waals surface area contributed by atoms with Gasteiger partial charge in [0, 0.05) is 18.8 Å². The predicted octanol–water partition coefficient (Wildman–Crippen LogP) is 4.49. The van der Waals surface area contributed by atoms with Crippen LogP contribution in [0.5, 0.6) is 11.5 Å². The first-order valence-electron chi connectivity index (χ1n) is 9.59. The third kappa shape index (κ3) is 2.99. The minimum absolute atomic E-state index is 0.0911. The van der Waals surface area contributed by atoms with E-state index < -0.39 is 0 Å². The first kappa shape index (κ1) is 17.7. The third-order valence-electron chi connectivity index (χ3n) is 5.35. The highest BCUT2D eigenvalue weighted by molar-refractivity contribution is 5.92. The van der Waals surface area contributed by atoms with Gasteiger partial charge in [-0.15, -0.1) is 0 Å². The lowest BCUT2D eigenvalue weighted by molar-refractivity contribution is 0.319. The van der Waals surface area contributed by atoms with Crippen molar-refractivity contribution in [3.8, 4) is 22.6 Å². The van der Waals surface area contributed by atoms with Gasteiger partial charge in [0.2, 0.25) is 0 Å². The second-order valence-corrected chi connectivity index (χ2v) is 7.15. The minimum Gasteiger partial charge on any atom is -0.497 e. The molecule has 0 spiro atoms. The van der Waals surface area contributed by atoms with Crippen molar-refractivity contribution in [3.63, 3.8) is 0 Å². The number of ether oxygens (including phenoxy) is 2. The third-order valence-corrected chi connectivity index (χ3v) is 5.35. The van der Waals surface area contributed by atoms with Crippen LogP contribution >= 0.6 is 0 Å². The van der Waals surface area contributed by atoms with Crippen LogP contribution in [-0.2, 0) is 19.9 Å². The van der Waals surface area contributed by atoms with Gasteiger partial charge in [-0.25, -0.2) is 0 Å². The number of aryl methyl sites for hydroxylation is 3. The molecule has 2 aromatic carbocycles. The molecule has 1 heterocycles. The molecule has 0 bridgehead atoms. The Labute approximate surface area is 159 Å². The SMILES string of the molecule is CCCOc1cc2c(c3c(=O)c(-c4ccc(OC)cc4)cn(C)c13)CCC2. The summed E-state index contributed by atoms with van der Waals surface area (Å²) in [5.41, 5.74) is 5.08. The normalized spacial score (nSPS) is 13.0. The van der Waals surface area contributed by atoms with E-state index in [1.807, 2.05) is 42.1 Å². The summed E-state index contributed by atoms with van der Waals surface area (Å²) in [4.78, 5) is 13.5. The van der Waals surface area contributed by atoms with E-state index in [1.165, 1.54) is 11.1 Å². The molecule has 3 aromatic rings. The van der Waals surface area contributed by atoms with Crippen molar-refractivity contribution < 1.29 is 9.47 Å². The van der Waals surface area contributed by atoms with Crippen molar-refractivity contribution >= 4 is 10.9 Å². The van der Waals surface area contributed by atoms with Crippen molar-refractivity contribution in [1.82, 2.24) is 4.57 Å². The van der Waals surface area contributed by atoms with Crippen molar-refractivity contribution in [2.45, 2.75) is 32.6 Å². The largest absolute Gasteiger partial charge is 0.497 e. The van der Waals surface area contributed by atoms with E-state index in [4.69, 9.17) is 9.47 Å². The van der Waals surface area contributed by atoms with Gasteiger partial charge < -0.3 is 14.0 Å². The number of hydrogen-bond acceptors (Lipinski definition) is 3. The number of rotatable bonds is 5. The number of fused-ring (bicyclic) bond motifs is 3. The number of pyridine rings is 1.